The maximum absolute atomic E-state index is 12.5. The predicted molar refractivity (Wildman–Crippen MR) is 113 cm³/mol. The SMILES string of the molecule is CC(C)NC(=O)Cc1ccc(NC(=O)c2ccc(-c3ccccc3)cc2)cc1. The van der Waals surface area contributed by atoms with Gasteiger partial charge in [-0.2, -0.15) is 0 Å². The summed E-state index contributed by atoms with van der Waals surface area (Å²) in [5.74, 6) is -0.171. The smallest absolute Gasteiger partial charge is 0.255 e. The van der Waals surface area contributed by atoms with Gasteiger partial charge in [0.05, 0.1) is 6.42 Å². The summed E-state index contributed by atoms with van der Waals surface area (Å²) in [5.41, 5.74) is 4.39. The molecule has 0 fully saturated rings. The summed E-state index contributed by atoms with van der Waals surface area (Å²) < 4.78 is 0. The molecule has 0 aliphatic heterocycles. The third kappa shape index (κ3) is 5.30. The Balaban J connectivity index is 1.60. The molecule has 4 nitrogen and oxygen atoms in total. The molecular weight excluding hydrogens is 348 g/mol. The first-order chi connectivity index (χ1) is 13.5. The summed E-state index contributed by atoms with van der Waals surface area (Å²) in [7, 11) is 0. The molecule has 4 heteroatoms. The molecular formula is C24H24N2O2. The Kier molecular flexibility index (Phi) is 6.22. The number of hydrogen-bond acceptors (Lipinski definition) is 2. The molecule has 0 spiro atoms. The van der Waals surface area contributed by atoms with Crippen LogP contribution in [-0.4, -0.2) is 17.9 Å². The van der Waals surface area contributed by atoms with Crippen molar-refractivity contribution in [2.75, 3.05) is 5.32 Å². The number of carbonyl (C=O) groups excluding carboxylic acids is 2. The molecule has 0 unspecified atom stereocenters. The quantitative estimate of drug-likeness (QED) is 0.660. The number of amides is 2. The van der Waals surface area contributed by atoms with E-state index in [9.17, 15) is 9.59 Å². The molecule has 0 aliphatic carbocycles. The Morgan fingerprint density at radius 2 is 1.39 bits per heavy atom. The molecule has 3 aromatic rings. The van der Waals surface area contributed by atoms with E-state index in [0.717, 1.165) is 16.7 Å². The van der Waals surface area contributed by atoms with Crippen LogP contribution in [0.4, 0.5) is 5.69 Å². The van der Waals surface area contributed by atoms with Crippen LogP contribution >= 0.6 is 0 Å². The summed E-state index contributed by atoms with van der Waals surface area (Å²) in [4.78, 5) is 24.3. The fraction of sp³-hybridized carbons (Fsp3) is 0.167. The van der Waals surface area contributed by atoms with E-state index in [1.807, 2.05) is 92.7 Å². The van der Waals surface area contributed by atoms with Crippen LogP contribution in [0, 0.1) is 0 Å². The molecule has 0 bridgehead atoms. The van der Waals surface area contributed by atoms with Gasteiger partial charge in [0.2, 0.25) is 5.91 Å². The largest absolute Gasteiger partial charge is 0.354 e. The van der Waals surface area contributed by atoms with Crippen LogP contribution in [0.15, 0.2) is 78.9 Å². The van der Waals surface area contributed by atoms with Gasteiger partial charge in [-0.25, -0.2) is 0 Å². The fourth-order valence-electron chi connectivity index (χ4n) is 2.91. The average Bonchev–Trinajstić information content (AvgIpc) is 2.69. The van der Waals surface area contributed by atoms with Gasteiger partial charge in [-0.3, -0.25) is 9.59 Å². The van der Waals surface area contributed by atoms with Crippen molar-refractivity contribution in [1.82, 2.24) is 5.32 Å². The standard InChI is InChI=1S/C24H24N2O2/c1-17(2)25-23(27)16-18-8-14-22(15-9-18)26-24(28)21-12-10-20(11-13-21)19-6-4-3-5-7-19/h3-15,17H,16H2,1-2H3,(H,25,27)(H,26,28). The van der Waals surface area contributed by atoms with Crippen molar-refractivity contribution in [3.8, 4) is 11.1 Å². The highest BCUT2D eigenvalue weighted by Crippen LogP contribution is 2.20. The zero-order chi connectivity index (χ0) is 19.9. The molecule has 0 saturated heterocycles. The van der Waals surface area contributed by atoms with Gasteiger partial charge in [0.1, 0.15) is 0 Å². The van der Waals surface area contributed by atoms with E-state index in [2.05, 4.69) is 10.6 Å². The number of rotatable bonds is 6. The monoisotopic (exact) mass is 372 g/mol. The molecule has 3 aromatic carbocycles. The Bertz CT molecular complexity index is 931. The van der Waals surface area contributed by atoms with Crippen molar-refractivity contribution in [1.29, 1.82) is 0 Å². The van der Waals surface area contributed by atoms with E-state index >= 15 is 0 Å². The molecule has 0 aromatic heterocycles. The number of nitrogens with one attached hydrogen (secondary N) is 2. The Morgan fingerprint density at radius 3 is 2.00 bits per heavy atom. The van der Waals surface area contributed by atoms with E-state index in [-0.39, 0.29) is 17.9 Å². The maximum atomic E-state index is 12.5. The van der Waals surface area contributed by atoms with E-state index < -0.39 is 0 Å². The van der Waals surface area contributed by atoms with E-state index in [1.165, 1.54) is 0 Å². The number of benzene rings is 3. The van der Waals surface area contributed by atoms with Crippen molar-refractivity contribution in [3.63, 3.8) is 0 Å². The van der Waals surface area contributed by atoms with E-state index in [4.69, 9.17) is 0 Å². The van der Waals surface area contributed by atoms with Gasteiger partial charge in [0, 0.05) is 17.3 Å². The van der Waals surface area contributed by atoms with Crippen LogP contribution in [0.2, 0.25) is 0 Å². The Labute approximate surface area is 165 Å². The molecule has 142 valence electrons. The summed E-state index contributed by atoms with van der Waals surface area (Å²) in [6.45, 7) is 3.87. The van der Waals surface area contributed by atoms with Crippen molar-refractivity contribution < 1.29 is 9.59 Å². The topological polar surface area (TPSA) is 58.2 Å². The Hall–Kier alpha value is -3.40. The van der Waals surface area contributed by atoms with Gasteiger partial charge in [-0.1, -0.05) is 54.6 Å². The summed E-state index contributed by atoms with van der Waals surface area (Å²) >= 11 is 0. The zero-order valence-electron chi connectivity index (χ0n) is 16.1. The summed E-state index contributed by atoms with van der Waals surface area (Å²) in [6, 6.07) is 25.0. The van der Waals surface area contributed by atoms with Crippen LogP contribution in [0.3, 0.4) is 0 Å². The lowest BCUT2D eigenvalue weighted by Gasteiger charge is -2.09. The predicted octanol–water partition coefficient (Wildman–Crippen LogP) is 4.67. The second-order valence-corrected chi connectivity index (χ2v) is 6.99. The highest BCUT2D eigenvalue weighted by atomic mass is 16.2. The van der Waals surface area contributed by atoms with Crippen LogP contribution in [-0.2, 0) is 11.2 Å². The van der Waals surface area contributed by atoms with Crippen LogP contribution in [0.5, 0.6) is 0 Å². The van der Waals surface area contributed by atoms with Crippen LogP contribution < -0.4 is 10.6 Å². The molecule has 0 atom stereocenters. The first kappa shape index (κ1) is 19.4. The lowest BCUT2D eigenvalue weighted by Crippen LogP contribution is -2.31. The van der Waals surface area contributed by atoms with Gasteiger partial charge in [-0.15, -0.1) is 0 Å². The van der Waals surface area contributed by atoms with Crippen LogP contribution in [0.1, 0.15) is 29.8 Å². The normalized spacial score (nSPS) is 10.5. The molecule has 0 radical (unpaired) electrons. The lowest BCUT2D eigenvalue weighted by atomic mass is 10.0. The third-order valence-corrected chi connectivity index (χ3v) is 4.28. The molecule has 0 aliphatic rings. The highest BCUT2D eigenvalue weighted by Gasteiger charge is 2.08. The van der Waals surface area contributed by atoms with Crippen molar-refractivity contribution in [3.05, 3.63) is 90.0 Å². The highest BCUT2D eigenvalue weighted by molar-refractivity contribution is 6.04. The number of hydrogen-bond donors (Lipinski definition) is 2. The van der Waals surface area contributed by atoms with Gasteiger partial charge in [0.15, 0.2) is 0 Å². The van der Waals surface area contributed by atoms with E-state index in [0.29, 0.717) is 17.7 Å². The molecule has 28 heavy (non-hydrogen) atoms. The van der Waals surface area contributed by atoms with Gasteiger partial charge < -0.3 is 10.6 Å². The van der Waals surface area contributed by atoms with Crippen molar-refractivity contribution in [2.24, 2.45) is 0 Å². The van der Waals surface area contributed by atoms with Gasteiger partial charge >= 0.3 is 0 Å². The third-order valence-electron chi connectivity index (χ3n) is 4.28. The molecule has 0 heterocycles. The maximum Gasteiger partial charge on any atom is 0.255 e. The fourth-order valence-corrected chi connectivity index (χ4v) is 2.91. The first-order valence-electron chi connectivity index (χ1n) is 9.36. The molecule has 3 rings (SSSR count). The van der Waals surface area contributed by atoms with Gasteiger partial charge in [-0.05, 0) is 54.8 Å². The minimum absolute atomic E-state index is 0.00899. The molecule has 2 amide bonds. The summed E-state index contributed by atoms with van der Waals surface area (Å²) in [5, 5.41) is 5.76. The first-order valence-corrected chi connectivity index (χ1v) is 9.36. The Morgan fingerprint density at radius 1 is 0.786 bits per heavy atom. The van der Waals surface area contributed by atoms with Crippen LogP contribution in [0.25, 0.3) is 11.1 Å². The second-order valence-electron chi connectivity index (χ2n) is 6.99. The number of carbonyl (C=O) groups is 2. The van der Waals surface area contributed by atoms with Crippen molar-refractivity contribution in [2.45, 2.75) is 26.3 Å². The number of anilines is 1. The van der Waals surface area contributed by atoms with Gasteiger partial charge in [0.25, 0.3) is 5.91 Å². The summed E-state index contributed by atoms with van der Waals surface area (Å²) in [6.07, 6.45) is 0.327. The minimum Gasteiger partial charge on any atom is -0.354 e. The average molecular weight is 372 g/mol. The van der Waals surface area contributed by atoms with E-state index in [1.54, 1.807) is 0 Å². The molecule has 0 saturated carbocycles. The second kappa shape index (κ2) is 9.00. The molecule has 2 N–H and O–H groups in total. The van der Waals surface area contributed by atoms with Crippen molar-refractivity contribution >= 4 is 17.5 Å². The zero-order valence-corrected chi connectivity index (χ0v) is 16.1. The lowest BCUT2D eigenvalue weighted by molar-refractivity contribution is -0.120. The minimum atomic E-state index is -0.162.